The summed E-state index contributed by atoms with van der Waals surface area (Å²) in [6.45, 7) is 0. The molecule has 0 spiro atoms. The van der Waals surface area contributed by atoms with Gasteiger partial charge in [0.2, 0.25) is 5.89 Å². The molecule has 23 heavy (non-hydrogen) atoms. The number of carbonyl (C=O) groups is 1. The molecule has 2 aromatic carbocycles. The summed E-state index contributed by atoms with van der Waals surface area (Å²) in [7, 11) is 0. The lowest BCUT2D eigenvalue weighted by Gasteiger charge is -2.05. The van der Waals surface area contributed by atoms with Crippen LogP contribution in [0.2, 0.25) is 10.0 Å². The summed E-state index contributed by atoms with van der Waals surface area (Å²) in [5, 5.41) is 11.1. The van der Waals surface area contributed by atoms with E-state index in [0.29, 0.717) is 28.0 Å². The van der Waals surface area contributed by atoms with Crippen LogP contribution in [-0.4, -0.2) is 16.1 Å². The van der Waals surface area contributed by atoms with E-state index in [-0.39, 0.29) is 5.89 Å². The van der Waals surface area contributed by atoms with Gasteiger partial charge in [-0.1, -0.05) is 53.5 Å². The minimum absolute atomic E-state index is 0.132. The van der Waals surface area contributed by atoms with Crippen molar-refractivity contribution in [3.63, 3.8) is 0 Å². The molecule has 3 rings (SSSR count). The third-order valence-electron chi connectivity index (χ3n) is 3.04. The lowest BCUT2D eigenvalue weighted by molar-refractivity contribution is 0.0988. The first-order chi connectivity index (χ1) is 11.1. The van der Waals surface area contributed by atoms with E-state index in [4.69, 9.17) is 27.6 Å². The molecule has 0 aliphatic rings. The van der Waals surface area contributed by atoms with Gasteiger partial charge in [0.15, 0.2) is 0 Å². The van der Waals surface area contributed by atoms with Gasteiger partial charge in [0.1, 0.15) is 0 Å². The maximum atomic E-state index is 12.1. The van der Waals surface area contributed by atoms with Crippen LogP contribution in [0.25, 0.3) is 0 Å². The largest absolute Gasteiger partial charge is 0.417 e. The van der Waals surface area contributed by atoms with Gasteiger partial charge in [-0.15, -0.1) is 10.2 Å². The van der Waals surface area contributed by atoms with E-state index >= 15 is 0 Å². The highest BCUT2D eigenvalue weighted by Gasteiger charge is 2.16. The van der Waals surface area contributed by atoms with E-state index in [9.17, 15) is 4.79 Å². The Morgan fingerprint density at radius 2 is 1.87 bits per heavy atom. The van der Waals surface area contributed by atoms with Crippen molar-refractivity contribution in [3.05, 3.63) is 75.9 Å². The Bertz CT molecular complexity index is 834. The highest BCUT2D eigenvalue weighted by molar-refractivity contribution is 6.35. The summed E-state index contributed by atoms with van der Waals surface area (Å²) in [4.78, 5) is 12.1. The van der Waals surface area contributed by atoms with Crippen LogP contribution in [0.1, 0.15) is 22.1 Å². The van der Waals surface area contributed by atoms with Gasteiger partial charge in [0, 0.05) is 5.02 Å². The van der Waals surface area contributed by atoms with Gasteiger partial charge in [-0.2, -0.15) is 0 Å². The lowest BCUT2D eigenvalue weighted by Crippen LogP contribution is -2.12. The molecule has 1 N–H and O–H groups in total. The highest BCUT2D eigenvalue weighted by atomic mass is 35.5. The zero-order valence-electron chi connectivity index (χ0n) is 11.8. The Balaban J connectivity index is 1.72. The number of carbonyl (C=O) groups excluding carboxylic acids is 1. The summed E-state index contributed by atoms with van der Waals surface area (Å²) in [5.74, 6) is -0.313. The van der Waals surface area contributed by atoms with Gasteiger partial charge in [-0.3, -0.25) is 4.79 Å². The van der Waals surface area contributed by atoms with Gasteiger partial charge >= 0.3 is 11.8 Å². The van der Waals surface area contributed by atoms with Crippen molar-refractivity contribution in [1.29, 1.82) is 0 Å². The summed E-state index contributed by atoms with van der Waals surface area (Å²) >= 11 is 11.9. The van der Waals surface area contributed by atoms with Gasteiger partial charge < -0.3 is 9.73 Å². The van der Waals surface area contributed by atoms with E-state index in [1.165, 1.54) is 0 Å². The third kappa shape index (κ3) is 3.88. The summed E-state index contributed by atoms with van der Waals surface area (Å²) in [6, 6.07) is 14.4. The molecule has 1 heterocycles. The van der Waals surface area contributed by atoms with Gasteiger partial charge in [-0.05, 0) is 23.8 Å². The van der Waals surface area contributed by atoms with Crippen LogP contribution >= 0.6 is 23.2 Å². The molecule has 0 bridgehead atoms. The molecule has 7 heteroatoms. The van der Waals surface area contributed by atoms with Crippen molar-refractivity contribution in [3.8, 4) is 0 Å². The molecule has 3 aromatic rings. The standard InChI is InChI=1S/C16H11Cl2N3O2/c17-11-6-7-12(18)13(9-11)19-15(22)16-21-20-14(23-16)8-10-4-2-1-3-5-10/h1-7,9H,8H2,(H,19,22). The minimum atomic E-state index is -0.541. The lowest BCUT2D eigenvalue weighted by atomic mass is 10.2. The van der Waals surface area contributed by atoms with Crippen LogP contribution in [0.15, 0.2) is 52.9 Å². The molecule has 0 fully saturated rings. The van der Waals surface area contributed by atoms with E-state index in [1.807, 2.05) is 30.3 Å². The topological polar surface area (TPSA) is 68.0 Å². The molecule has 0 radical (unpaired) electrons. The van der Waals surface area contributed by atoms with Crippen LogP contribution in [0.3, 0.4) is 0 Å². The fourth-order valence-corrected chi connectivity index (χ4v) is 2.29. The second-order valence-corrected chi connectivity index (χ2v) is 5.59. The summed E-state index contributed by atoms with van der Waals surface area (Å²) in [6.07, 6.45) is 0.457. The average Bonchev–Trinajstić information content (AvgIpc) is 3.00. The van der Waals surface area contributed by atoms with Crippen molar-refractivity contribution in [2.75, 3.05) is 5.32 Å². The molecule has 0 atom stereocenters. The van der Waals surface area contributed by atoms with Crippen molar-refractivity contribution >= 4 is 34.8 Å². The molecule has 1 amide bonds. The number of hydrogen-bond donors (Lipinski definition) is 1. The smallest absolute Gasteiger partial charge is 0.313 e. The Morgan fingerprint density at radius 3 is 2.65 bits per heavy atom. The number of hydrogen-bond acceptors (Lipinski definition) is 4. The van der Waals surface area contributed by atoms with Gasteiger partial charge in [0.25, 0.3) is 0 Å². The Labute approximate surface area is 142 Å². The molecule has 1 aromatic heterocycles. The number of amides is 1. The van der Waals surface area contributed by atoms with Crippen LogP contribution in [0.4, 0.5) is 5.69 Å². The van der Waals surface area contributed by atoms with Crippen LogP contribution in [0, 0.1) is 0 Å². The number of halogens is 2. The monoisotopic (exact) mass is 347 g/mol. The zero-order valence-corrected chi connectivity index (χ0v) is 13.3. The molecule has 0 unspecified atom stereocenters. The first kappa shape index (κ1) is 15.5. The van der Waals surface area contributed by atoms with E-state index in [0.717, 1.165) is 5.56 Å². The van der Waals surface area contributed by atoms with Crippen LogP contribution in [-0.2, 0) is 6.42 Å². The van der Waals surface area contributed by atoms with Crippen LogP contribution in [0.5, 0.6) is 0 Å². The number of benzene rings is 2. The van der Waals surface area contributed by atoms with E-state index in [2.05, 4.69) is 15.5 Å². The molecule has 0 aliphatic heterocycles. The normalized spacial score (nSPS) is 10.5. The Kier molecular flexibility index (Phi) is 4.60. The van der Waals surface area contributed by atoms with Crippen LogP contribution < -0.4 is 5.32 Å². The summed E-state index contributed by atoms with van der Waals surface area (Å²) in [5.41, 5.74) is 1.40. The first-order valence-electron chi connectivity index (χ1n) is 6.74. The quantitative estimate of drug-likeness (QED) is 0.767. The number of nitrogens with one attached hydrogen (secondary N) is 1. The van der Waals surface area contributed by atoms with Gasteiger partial charge in [-0.25, -0.2) is 0 Å². The molecule has 0 saturated heterocycles. The second-order valence-electron chi connectivity index (χ2n) is 4.74. The Hall–Kier alpha value is -2.37. The van der Waals surface area contributed by atoms with Gasteiger partial charge in [0.05, 0.1) is 17.1 Å². The third-order valence-corrected chi connectivity index (χ3v) is 3.60. The molecular weight excluding hydrogens is 337 g/mol. The second kappa shape index (κ2) is 6.81. The fourth-order valence-electron chi connectivity index (χ4n) is 1.96. The highest BCUT2D eigenvalue weighted by Crippen LogP contribution is 2.25. The molecule has 5 nitrogen and oxygen atoms in total. The zero-order chi connectivity index (χ0) is 16.2. The van der Waals surface area contributed by atoms with Crippen molar-refractivity contribution in [2.24, 2.45) is 0 Å². The van der Waals surface area contributed by atoms with Crippen molar-refractivity contribution in [1.82, 2.24) is 10.2 Å². The molecule has 0 aliphatic carbocycles. The number of rotatable bonds is 4. The number of aromatic nitrogens is 2. The van der Waals surface area contributed by atoms with E-state index < -0.39 is 5.91 Å². The van der Waals surface area contributed by atoms with Crippen molar-refractivity contribution < 1.29 is 9.21 Å². The van der Waals surface area contributed by atoms with E-state index in [1.54, 1.807) is 18.2 Å². The number of nitrogens with zero attached hydrogens (tertiary/aromatic N) is 2. The molecule has 0 saturated carbocycles. The minimum Gasteiger partial charge on any atom is -0.417 e. The predicted octanol–water partition coefficient (Wildman–Crippen LogP) is 4.22. The Morgan fingerprint density at radius 1 is 1.09 bits per heavy atom. The molecular formula is C16H11Cl2N3O2. The predicted molar refractivity (Wildman–Crippen MR) is 88.0 cm³/mol. The molecule has 116 valence electrons. The maximum absolute atomic E-state index is 12.1. The maximum Gasteiger partial charge on any atom is 0.313 e. The number of anilines is 1. The SMILES string of the molecule is O=C(Nc1cc(Cl)ccc1Cl)c1nnc(Cc2ccccc2)o1. The summed E-state index contributed by atoms with van der Waals surface area (Å²) < 4.78 is 5.38. The average molecular weight is 348 g/mol. The van der Waals surface area contributed by atoms with Crippen molar-refractivity contribution in [2.45, 2.75) is 6.42 Å². The fraction of sp³-hybridized carbons (Fsp3) is 0.0625. The first-order valence-corrected chi connectivity index (χ1v) is 7.50.